The van der Waals surface area contributed by atoms with Gasteiger partial charge < -0.3 is 15.8 Å². The van der Waals surface area contributed by atoms with Crippen LogP contribution in [0.5, 0.6) is 0 Å². The number of nitrogens with one attached hydrogen (secondary N) is 1. The molecule has 20 heavy (non-hydrogen) atoms. The van der Waals surface area contributed by atoms with Crippen molar-refractivity contribution in [2.45, 2.75) is 20.0 Å². The van der Waals surface area contributed by atoms with E-state index in [1.165, 1.54) is 12.1 Å². The van der Waals surface area contributed by atoms with Crippen molar-refractivity contribution in [3.05, 3.63) is 35.1 Å². The summed E-state index contributed by atoms with van der Waals surface area (Å²) in [5, 5.41) is 2.63. The van der Waals surface area contributed by atoms with E-state index in [9.17, 15) is 9.18 Å². The number of halogens is 1. The Morgan fingerprint density at radius 2 is 2.30 bits per heavy atom. The average molecular weight is 278 g/mol. The number of nitrogens with two attached hydrogens (primary N) is 1. The third-order valence-electron chi connectivity index (χ3n) is 2.55. The average Bonchev–Trinajstić information content (AvgIpc) is 2.43. The fraction of sp³-hybridized carbons (Fsp3) is 0.400. The quantitative estimate of drug-likeness (QED) is 0.798. The Kier molecular flexibility index (Phi) is 6.71. The fourth-order valence-electron chi connectivity index (χ4n) is 1.61. The standard InChI is InChI=1S/C15H19FN2O2/c1-3-20-11(2)10-18-15(19)13-7-6-12(5-4-8-17)9-14(13)16/h6-7,9,11H,3,8,10,17H2,1-2H3,(H,18,19). The molecule has 3 N–H and O–H groups in total. The van der Waals surface area contributed by atoms with Crippen molar-refractivity contribution in [3.63, 3.8) is 0 Å². The van der Waals surface area contributed by atoms with Gasteiger partial charge in [0.2, 0.25) is 0 Å². The highest BCUT2D eigenvalue weighted by Gasteiger charge is 2.12. The van der Waals surface area contributed by atoms with Crippen molar-refractivity contribution in [1.82, 2.24) is 5.32 Å². The minimum Gasteiger partial charge on any atom is -0.377 e. The Morgan fingerprint density at radius 1 is 1.55 bits per heavy atom. The Balaban J connectivity index is 2.69. The molecular weight excluding hydrogens is 259 g/mol. The van der Waals surface area contributed by atoms with Crippen LogP contribution in [0.1, 0.15) is 29.8 Å². The lowest BCUT2D eigenvalue weighted by Gasteiger charge is -2.12. The maximum absolute atomic E-state index is 13.8. The predicted molar refractivity (Wildman–Crippen MR) is 75.8 cm³/mol. The molecule has 0 radical (unpaired) electrons. The first kappa shape index (κ1) is 16.2. The van der Waals surface area contributed by atoms with Gasteiger partial charge in [0.25, 0.3) is 5.91 Å². The maximum Gasteiger partial charge on any atom is 0.254 e. The molecule has 0 aliphatic carbocycles. The molecule has 1 amide bonds. The zero-order valence-electron chi connectivity index (χ0n) is 11.7. The second-order valence-corrected chi connectivity index (χ2v) is 4.18. The molecule has 1 unspecified atom stereocenters. The lowest BCUT2D eigenvalue weighted by Crippen LogP contribution is -2.32. The predicted octanol–water partition coefficient (Wildman–Crippen LogP) is 1.29. The van der Waals surface area contributed by atoms with Gasteiger partial charge in [-0.15, -0.1) is 0 Å². The first-order valence-corrected chi connectivity index (χ1v) is 6.46. The third kappa shape index (κ3) is 5.00. The monoisotopic (exact) mass is 278 g/mol. The minimum absolute atomic E-state index is 0.00741. The molecule has 0 aromatic heterocycles. The van der Waals surface area contributed by atoms with Crippen LogP contribution < -0.4 is 11.1 Å². The van der Waals surface area contributed by atoms with Crippen LogP contribution in [0.15, 0.2) is 18.2 Å². The first-order chi connectivity index (χ1) is 9.58. The molecule has 1 aromatic carbocycles. The summed E-state index contributed by atoms with van der Waals surface area (Å²) in [6, 6.07) is 4.23. The molecule has 108 valence electrons. The molecule has 0 aliphatic rings. The van der Waals surface area contributed by atoms with Gasteiger partial charge >= 0.3 is 0 Å². The molecule has 0 heterocycles. The van der Waals surface area contributed by atoms with E-state index >= 15 is 0 Å². The van der Waals surface area contributed by atoms with Crippen LogP contribution >= 0.6 is 0 Å². The van der Waals surface area contributed by atoms with E-state index in [-0.39, 0.29) is 18.2 Å². The van der Waals surface area contributed by atoms with Gasteiger partial charge in [-0.3, -0.25) is 4.79 Å². The van der Waals surface area contributed by atoms with Crippen LogP contribution in [-0.2, 0) is 4.74 Å². The molecule has 0 fully saturated rings. The summed E-state index contributed by atoms with van der Waals surface area (Å²) >= 11 is 0. The molecule has 0 saturated carbocycles. The summed E-state index contributed by atoms with van der Waals surface area (Å²) in [5.41, 5.74) is 5.73. The van der Waals surface area contributed by atoms with Crippen LogP contribution in [-0.4, -0.2) is 31.7 Å². The minimum atomic E-state index is -0.601. The van der Waals surface area contributed by atoms with Gasteiger partial charge in [-0.2, -0.15) is 0 Å². The van der Waals surface area contributed by atoms with E-state index in [1.54, 1.807) is 6.07 Å². The number of ether oxygens (including phenoxy) is 1. The molecule has 1 rings (SSSR count). The summed E-state index contributed by atoms with van der Waals surface area (Å²) in [6.07, 6.45) is -0.110. The van der Waals surface area contributed by atoms with Gasteiger partial charge in [0.15, 0.2) is 0 Å². The van der Waals surface area contributed by atoms with Gasteiger partial charge in [-0.1, -0.05) is 11.8 Å². The van der Waals surface area contributed by atoms with Gasteiger partial charge in [0, 0.05) is 18.7 Å². The van der Waals surface area contributed by atoms with Gasteiger partial charge in [0.1, 0.15) is 5.82 Å². The van der Waals surface area contributed by atoms with Crippen molar-refractivity contribution in [3.8, 4) is 11.8 Å². The highest BCUT2D eigenvalue weighted by molar-refractivity contribution is 5.94. The van der Waals surface area contributed by atoms with Crippen molar-refractivity contribution in [1.29, 1.82) is 0 Å². The van der Waals surface area contributed by atoms with Crippen LogP contribution in [0.3, 0.4) is 0 Å². The molecule has 1 atom stereocenters. The summed E-state index contributed by atoms with van der Waals surface area (Å²) in [7, 11) is 0. The number of amides is 1. The second kappa shape index (κ2) is 8.31. The zero-order valence-corrected chi connectivity index (χ0v) is 11.7. The maximum atomic E-state index is 13.8. The van der Waals surface area contributed by atoms with Crippen LogP contribution in [0.25, 0.3) is 0 Å². The first-order valence-electron chi connectivity index (χ1n) is 6.46. The van der Waals surface area contributed by atoms with Gasteiger partial charge in [0.05, 0.1) is 18.2 Å². The number of benzene rings is 1. The number of rotatable bonds is 5. The summed E-state index contributed by atoms with van der Waals surface area (Å²) in [4.78, 5) is 11.8. The molecule has 5 heteroatoms. The molecule has 0 saturated heterocycles. The Bertz CT molecular complexity index is 520. The lowest BCUT2D eigenvalue weighted by atomic mass is 10.1. The van der Waals surface area contributed by atoms with E-state index in [2.05, 4.69) is 17.2 Å². The van der Waals surface area contributed by atoms with Gasteiger partial charge in [-0.05, 0) is 32.0 Å². The number of carbonyl (C=O) groups excluding carboxylic acids is 1. The largest absolute Gasteiger partial charge is 0.377 e. The van der Waals surface area contributed by atoms with Crippen LogP contribution in [0.2, 0.25) is 0 Å². The topological polar surface area (TPSA) is 64.3 Å². The van der Waals surface area contributed by atoms with Gasteiger partial charge in [-0.25, -0.2) is 4.39 Å². The van der Waals surface area contributed by atoms with E-state index in [1.807, 2.05) is 13.8 Å². The summed E-state index contributed by atoms with van der Waals surface area (Å²) in [6.45, 7) is 4.82. The SMILES string of the molecule is CCOC(C)CNC(=O)c1ccc(C#CCN)cc1F. The zero-order chi connectivity index (χ0) is 15.0. The third-order valence-corrected chi connectivity index (χ3v) is 2.55. The summed E-state index contributed by atoms with van der Waals surface area (Å²) in [5.74, 6) is 4.27. The highest BCUT2D eigenvalue weighted by Crippen LogP contribution is 2.10. The lowest BCUT2D eigenvalue weighted by molar-refractivity contribution is 0.0693. The van der Waals surface area contributed by atoms with Crippen molar-refractivity contribution >= 4 is 5.91 Å². The smallest absolute Gasteiger partial charge is 0.254 e. The van der Waals surface area contributed by atoms with E-state index < -0.39 is 11.7 Å². The normalized spacial score (nSPS) is 11.4. The van der Waals surface area contributed by atoms with Crippen molar-refractivity contribution in [2.24, 2.45) is 5.73 Å². The number of hydrogen-bond donors (Lipinski definition) is 2. The van der Waals surface area contributed by atoms with E-state index in [4.69, 9.17) is 10.5 Å². The Morgan fingerprint density at radius 3 is 2.90 bits per heavy atom. The molecule has 4 nitrogen and oxygen atoms in total. The Hall–Kier alpha value is -1.90. The van der Waals surface area contributed by atoms with E-state index in [0.29, 0.717) is 18.7 Å². The highest BCUT2D eigenvalue weighted by atomic mass is 19.1. The summed E-state index contributed by atoms with van der Waals surface area (Å²) < 4.78 is 19.1. The molecular formula is C15H19FN2O2. The van der Waals surface area contributed by atoms with Crippen molar-refractivity contribution < 1.29 is 13.9 Å². The van der Waals surface area contributed by atoms with Crippen molar-refractivity contribution in [2.75, 3.05) is 19.7 Å². The van der Waals surface area contributed by atoms with Crippen LogP contribution in [0.4, 0.5) is 4.39 Å². The van der Waals surface area contributed by atoms with E-state index in [0.717, 1.165) is 0 Å². The molecule has 0 bridgehead atoms. The molecule has 0 spiro atoms. The molecule has 0 aliphatic heterocycles. The second-order valence-electron chi connectivity index (χ2n) is 4.18. The fourth-order valence-corrected chi connectivity index (χ4v) is 1.61. The van der Waals surface area contributed by atoms with Crippen LogP contribution in [0, 0.1) is 17.7 Å². The molecule has 1 aromatic rings. The number of hydrogen-bond acceptors (Lipinski definition) is 3. The number of carbonyl (C=O) groups is 1. The Labute approximate surface area is 118 Å².